The second-order valence-electron chi connectivity index (χ2n) is 4.01. The van der Waals surface area contributed by atoms with Crippen LogP contribution in [0.2, 0.25) is 0 Å². The van der Waals surface area contributed by atoms with Gasteiger partial charge in [0.25, 0.3) is 0 Å². The highest BCUT2D eigenvalue weighted by molar-refractivity contribution is 9.10. The summed E-state index contributed by atoms with van der Waals surface area (Å²) in [5.74, 6) is 0. The van der Waals surface area contributed by atoms with Gasteiger partial charge in [-0.2, -0.15) is 16.4 Å². The molecule has 0 bridgehead atoms. The van der Waals surface area contributed by atoms with Crippen LogP contribution in [0.25, 0.3) is 0 Å². The predicted molar refractivity (Wildman–Crippen MR) is 75.5 cm³/mol. The molecule has 0 amide bonds. The van der Waals surface area contributed by atoms with Crippen LogP contribution in [-0.2, 0) is 7.05 Å². The first-order valence-corrected chi connectivity index (χ1v) is 7.32. The van der Waals surface area contributed by atoms with Crippen LogP contribution in [0.3, 0.4) is 0 Å². The van der Waals surface area contributed by atoms with Gasteiger partial charge in [0.1, 0.15) is 0 Å². The number of nitrogens with zero attached hydrogens (tertiary/aromatic N) is 2. The molecule has 0 fully saturated rings. The molecule has 2 rings (SSSR count). The second-order valence-corrected chi connectivity index (χ2v) is 5.61. The van der Waals surface area contributed by atoms with Gasteiger partial charge < -0.3 is 5.32 Å². The van der Waals surface area contributed by atoms with E-state index >= 15 is 0 Å². The van der Waals surface area contributed by atoms with Gasteiger partial charge >= 0.3 is 0 Å². The molecule has 0 aromatic carbocycles. The first-order valence-electron chi connectivity index (χ1n) is 5.58. The fourth-order valence-corrected chi connectivity index (χ4v) is 3.54. The summed E-state index contributed by atoms with van der Waals surface area (Å²) in [6.45, 7) is 5.11. The Morgan fingerprint density at radius 2 is 2.24 bits per heavy atom. The Labute approximate surface area is 114 Å². The zero-order valence-corrected chi connectivity index (χ0v) is 12.6. The van der Waals surface area contributed by atoms with Gasteiger partial charge in [0.05, 0.1) is 11.7 Å². The molecule has 0 aliphatic heterocycles. The Morgan fingerprint density at radius 3 is 2.71 bits per heavy atom. The van der Waals surface area contributed by atoms with Gasteiger partial charge in [0.15, 0.2) is 0 Å². The number of aromatic nitrogens is 2. The minimum atomic E-state index is 0.217. The molecule has 2 aromatic heterocycles. The van der Waals surface area contributed by atoms with E-state index in [1.807, 2.05) is 11.7 Å². The lowest BCUT2D eigenvalue weighted by molar-refractivity contribution is 0.627. The lowest BCUT2D eigenvalue weighted by Gasteiger charge is -2.17. The number of nitrogens with one attached hydrogen (secondary N) is 1. The zero-order valence-electron chi connectivity index (χ0n) is 10.2. The molecule has 3 nitrogen and oxygen atoms in total. The molecular formula is C12H16BrN3S. The molecular weight excluding hydrogens is 298 g/mol. The Balaban J connectivity index is 2.42. The molecule has 0 aliphatic rings. The van der Waals surface area contributed by atoms with Crippen molar-refractivity contribution >= 4 is 27.3 Å². The van der Waals surface area contributed by atoms with Crippen LogP contribution in [0, 0.1) is 6.92 Å². The summed E-state index contributed by atoms with van der Waals surface area (Å²) < 4.78 is 3.03. The monoisotopic (exact) mass is 313 g/mol. The Hall–Kier alpha value is -0.650. The van der Waals surface area contributed by atoms with Crippen molar-refractivity contribution in [2.24, 2.45) is 7.05 Å². The van der Waals surface area contributed by atoms with Crippen LogP contribution in [0.5, 0.6) is 0 Å². The van der Waals surface area contributed by atoms with Gasteiger partial charge in [-0.1, -0.05) is 6.92 Å². The van der Waals surface area contributed by atoms with Crippen LogP contribution in [0.1, 0.15) is 29.8 Å². The van der Waals surface area contributed by atoms with E-state index in [2.05, 4.69) is 57.1 Å². The summed E-state index contributed by atoms with van der Waals surface area (Å²) in [6, 6.07) is 0.217. The van der Waals surface area contributed by atoms with Crippen molar-refractivity contribution in [1.29, 1.82) is 0 Å². The molecule has 1 N–H and O–H groups in total. The number of hydrogen-bond acceptors (Lipinski definition) is 3. The van der Waals surface area contributed by atoms with Gasteiger partial charge in [0, 0.05) is 28.7 Å². The minimum absolute atomic E-state index is 0.217. The molecule has 0 saturated heterocycles. The summed E-state index contributed by atoms with van der Waals surface area (Å²) in [5.41, 5.74) is 3.61. The number of hydrogen-bond donors (Lipinski definition) is 1. The molecule has 92 valence electrons. The Kier molecular flexibility index (Phi) is 4.01. The molecule has 0 spiro atoms. The van der Waals surface area contributed by atoms with Crippen LogP contribution in [0.15, 0.2) is 21.4 Å². The Morgan fingerprint density at radius 1 is 1.47 bits per heavy atom. The van der Waals surface area contributed by atoms with E-state index in [4.69, 9.17) is 0 Å². The molecule has 2 heterocycles. The third kappa shape index (κ3) is 2.61. The van der Waals surface area contributed by atoms with Gasteiger partial charge in [-0.15, -0.1) is 0 Å². The van der Waals surface area contributed by atoms with E-state index in [0.29, 0.717) is 0 Å². The number of rotatable bonds is 4. The molecule has 5 heteroatoms. The SMILES string of the molecule is CCNC(c1cscc1Br)c1cn(C)nc1C. The highest BCUT2D eigenvalue weighted by Gasteiger charge is 2.20. The van der Waals surface area contributed by atoms with E-state index in [9.17, 15) is 0 Å². The maximum Gasteiger partial charge on any atom is 0.0644 e. The molecule has 1 atom stereocenters. The first kappa shape index (κ1) is 12.8. The van der Waals surface area contributed by atoms with Crippen molar-refractivity contribution in [1.82, 2.24) is 15.1 Å². The Bertz CT molecular complexity index is 504. The van der Waals surface area contributed by atoms with Crippen LogP contribution >= 0.6 is 27.3 Å². The average molecular weight is 314 g/mol. The largest absolute Gasteiger partial charge is 0.306 e. The number of aryl methyl sites for hydroxylation is 2. The lowest BCUT2D eigenvalue weighted by atomic mass is 10.0. The second kappa shape index (κ2) is 5.33. The van der Waals surface area contributed by atoms with E-state index < -0.39 is 0 Å². The van der Waals surface area contributed by atoms with Crippen molar-refractivity contribution < 1.29 is 0 Å². The van der Waals surface area contributed by atoms with E-state index in [1.165, 1.54) is 11.1 Å². The summed E-state index contributed by atoms with van der Waals surface area (Å²) in [5, 5.41) is 12.2. The topological polar surface area (TPSA) is 29.9 Å². The quantitative estimate of drug-likeness (QED) is 0.939. The zero-order chi connectivity index (χ0) is 12.4. The summed E-state index contributed by atoms with van der Waals surface area (Å²) >= 11 is 5.32. The lowest BCUT2D eigenvalue weighted by Crippen LogP contribution is -2.22. The van der Waals surface area contributed by atoms with E-state index in [0.717, 1.165) is 16.7 Å². The average Bonchev–Trinajstić information content (AvgIpc) is 2.82. The van der Waals surface area contributed by atoms with Crippen molar-refractivity contribution in [3.8, 4) is 0 Å². The van der Waals surface area contributed by atoms with Gasteiger partial charge in [-0.25, -0.2) is 0 Å². The van der Waals surface area contributed by atoms with Crippen molar-refractivity contribution in [3.63, 3.8) is 0 Å². The van der Waals surface area contributed by atoms with Crippen LogP contribution < -0.4 is 5.32 Å². The van der Waals surface area contributed by atoms with E-state index in [1.54, 1.807) is 11.3 Å². The standard InChI is InChI=1S/C12H16BrN3S/c1-4-14-12(10-6-17-7-11(10)13)9-5-16(3)15-8(9)2/h5-7,12,14H,4H2,1-3H3. The van der Waals surface area contributed by atoms with Gasteiger partial charge in [-0.3, -0.25) is 4.68 Å². The highest BCUT2D eigenvalue weighted by Crippen LogP contribution is 2.32. The third-order valence-electron chi connectivity index (χ3n) is 2.72. The van der Waals surface area contributed by atoms with Crippen molar-refractivity contribution in [2.75, 3.05) is 6.54 Å². The maximum absolute atomic E-state index is 4.42. The maximum atomic E-state index is 4.42. The molecule has 0 radical (unpaired) electrons. The summed E-state index contributed by atoms with van der Waals surface area (Å²) in [7, 11) is 1.96. The number of thiophene rings is 1. The smallest absolute Gasteiger partial charge is 0.0644 e. The fourth-order valence-electron chi connectivity index (χ4n) is 1.99. The molecule has 0 aliphatic carbocycles. The summed E-state index contributed by atoms with van der Waals surface area (Å²) in [4.78, 5) is 0. The molecule has 0 saturated carbocycles. The molecule has 2 aromatic rings. The highest BCUT2D eigenvalue weighted by atomic mass is 79.9. The van der Waals surface area contributed by atoms with Crippen LogP contribution in [-0.4, -0.2) is 16.3 Å². The van der Waals surface area contributed by atoms with E-state index in [-0.39, 0.29) is 6.04 Å². The predicted octanol–water partition coefficient (Wildman–Crippen LogP) is 3.25. The summed E-state index contributed by atoms with van der Waals surface area (Å²) in [6.07, 6.45) is 2.09. The van der Waals surface area contributed by atoms with Gasteiger partial charge in [-0.05, 0) is 40.3 Å². The van der Waals surface area contributed by atoms with Crippen LogP contribution in [0.4, 0.5) is 0 Å². The minimum Gasteiger partial charge on any atom is -0.306 e. The first-order chi connectivity index (χ1) is 8.13. The number of halogens is 1. The normalized spacial score (nSPS) is 12.9. The molecule has 17 heavy (non-hydrogen) atoms. The molecule has 1 unspecified atom stereocenters. The third-order valence-corrected chi connectivity index (χ3v) is 4.48. The fraction of sp³-hybridized carbons (Fsp3) is 0.417. The van der Waals surface area contributed by atoms with Gasteiger partial charge in [0.2, 0.25) is 0 Å². The van der Waals surface area contributed by atoms with Crippen molar-refractivity contribution in [2.45, 2.75) is 19.9 Å². The van der Waals surface area contributed by atoms with Crippen molar-refractivity contribution in [3.05, 3.63) is 38.3 Å².